The van der Waals surface area contributed by atoms with Gasteiger partial charge < -0.3 is 5.21 Å². The number of rotatable bonds is 3. The lowest BCUT2D eigenvalue weighted by atomic mass is 9.96. The van der Waals surface area contributed by atoms with Crippen LogP contribution in [0.3, 0.4) is 0 Å². The van der Waals surface area contributed by atoms with E-state index < -0.39 is 0 Å². The Bertz CT molecular complexity index is 297. The summed E-state index contributed by atoms with van der Waals surface area (Å²) in [6.45, 7) is 2.09. The highest BCUT2D eigenvalue weighted by Crippen LogP contribution is 2.19. The second kappa shape index (κ2) is 5.21. The molecule has 1 aromatic rings. The van der Waals surface area contributed by atoms with E-state index in [-0.39, 0.29) is 5.92 Å². The molecular weight excluding hydrogens is 162 g/mol. The molecule has 13 heavy (non-hydrogen) atoms. The van der Waals surface area contributed by atoms with Gasteiger partial charge in [0.25, 0.3) is 0 Å². The van der Waals surface area contributed by atoms with Gasteiger partial charge in [-0.15, -0.1) is 0 Å². The minimum Gasteiger partial charge on any atom is -0.498 e. The Morgan fingerprint density at radius 3 is 2.62 bits per heavy atom. The second-order valence-electron chi connectivity index (χ2n) is 2.97. The summed E-state index contributed by atoms with van der Waals surface area (Å²) >= 11 is 0. The summed E-state index contributed by atoms with van der Waals surface area (Å²) in [5.74, 6) is 0.0590. The lowest BCUT2D eigenvalue weighted by Crippen LogP contribution is -1.94. The summed E-state index contributed by atoms with van der Waals surface area (Å²) in [6, 6.07) is 12.5. The van der Waals surface area contributed by atoms with Gasteiger partial charge in [0.1, 0.15) is 5.92 Å². The van der Waals surface area contributed by atoms with Crippen LogP contribution in [0.4, 0.5) is 0 Å². The molecule has 0 bridgehead atoms. The van der Waals surface area contributed by atoms with Crippen molar-refractivity contribution in [1.29, 1.82) is 0 Å². The van der Waals surface area contributed by atoms with Crippen LogP contribution in [0.5, 0.6) is 0 Å². The fourth-order valence-corrected chi connectivity index (χ4v) is 1.34. The SMILES string of the molecule is CCCC(C#[N+][O-])c1ccccc1. The number of nitrogens with zero attached hydrogens (tertiary/aromatic N) is 1. The Balaban J connectivity index is 2.80. The van der Waals surface area contributed by atoms with Crippen LogP contribution in [-0.4, -0.2) is 0 Å². The van der Waals surface area contributed by atoms with Crippen molar-refractivity contribution in [2.24, 2.45) is 0 Å². The Hall–Kier alpha value is -1.49. The van der Waals surface area contributed by atoms with Crippen LogP contribution in [-0.2, 0) is 0 Å². The monoisotopic (exact) mass is 175 g/mol. The fraction of sp³-hybridized carbons (Fsp3) is 0.364. The van der Waals surface area contributed by atoms with Crippen molar-refractivity contribution in [2.45, 2.75) is 25.7 Å². The fourth-order valence-electron chi connectivity index (χ4n) is 1.34. The summed E-state index contributed by atoms with van der Waals surface area (Å²) in [5, 5.41) is 12.8. The zero-order chi connectivity index (χ0) is 9.52. The molecule has 0 heterocycles. The van der Waals surface area contributed by atoms with Gasteiger partial charge in [-0.3, -0.25) is 0 Å². The Kier molecular flexibility index (Phi) is 3.84. The Morgan fingerprint density at radius 2 is 2.08 bits per heavy atom. The highest BCUT2D eigenvalue weighted by atomic mass is 16.4. The smallest absolute Gasteiger partial charge is 0.306 e. The van der Waals surface area contributed by atoms with Crippen LogP contribution in [0, 0.1) is 11.3 Å². The summed E-state index contributed by atoms with van der Waals surface area (Å²) in [5.41, 5.74) is 1.11. The van der Waals surface area contributed by atoms with Gasteiger partial charge >= 0.3 is 6.07 Å². The van der Waals surface area contributed by atoms with E-state index in [4.69, 9.17) is 0 Å². The first-order valence-electron chi connectivity index (χ1n) is 4.51. The predicted octanol–water partition coefficient (Wildman–Crippen LogP) is 3.40. The van der Waals surface area contributed by atoms with Crippen molar-refractivity contribution < 1.29 is 0 Å². The zero-order valence-corrected chi connectivity index (χ0v) is 7.73. The molecule has 0 saturated carbocycles. The Labute approximate surface area is 78.6 Å². The predicted molar refractivity (Wildman–Crippen MR) is 54.7 cm³/mol. The topological polar surface area (TPSA) is 27.4 Å². The van der Waals surface area contributed by atoms with Gasteiger partial charge in [0.15, 0.2) is 0 Å². The van der Waals surface area contributed by atoms with E-state index in [9.17, 15) is 5.21 Å². The molecule has 0 fully saturated rings. The standard InChI is InChI=1S/C11H13NO/c1-2-6-11(9-12-13)10-7-4-3-5-8-10/h3-5,7-8,11H,2,6H2,1H3. The molecule has 2 nitrogen and oxygen atoms in total. The number of hydrogen-bond acceptors (Lipinski definition) is 1. The minimum absolute atomic E-state index is 0.0590. The van der Waals surface area contributed by atoms with Crippen molar-refractivity contribution in [3.8, 4) is 6.07 Å². The van der Waals surface area contributed by atoms with Crippen molar-refractivity contribution in [1.82, 2.24) is 0 Å². The molecule has 0 aliphatic heterocycles. The third-order valence-electron chi connectivity index (χ3n) is 1.99. The quantitative estimate of drug-likeness (QED) is 0.647. The second-order valence-corrected chi connectivity index (χ2v) is 2.97. The third kappa shape index (κ3) is 2.79. The summed E-state index contributed by atoms with van der Waals surface area (Å²) < 4.78 is 0. The molecule has 0 N–H and O–H groups in total. The van der Waals surface area contributed by atoms with Crippen molar-refractivity contribution in [3.05, 3.63) is 46.1 Å². The maximum absolute atomic E-state index is 10.1. The van der Waals surface area contributed by atoms with Crippen LogP contribution in [0.25, 0.3) is 5.01 Å². The molecule has 1 unspecified atom stereocenters. The van der Waals surface area contributed by atoms with Gasteiger partial charge in [-0.2, -0.15) is 0 Å². The van der Waals surface area contributed by atoms with Crippen LogP contribution in [0.2, 0.25) is 0 Å². The average Bonchev–Trinajstić information content (AvgIpc) is 2.19. The van der Waals surface area contributed by atoms with Gasteiger partial charge in [-0.05, 0) is 12.0 Å². The normalized spacial score (nSPS) is 11.5. The molecule has 1 atom stereocenters. The number of hydrogen-bond donors (Lipinski definition) is 0. The van der Waals surface area contributed by atoms with Crippen molar-refractivity contribution in [3.63, 3.8) is 0 Å². The molecule has 0 radical (unpaired) electrons. The average molecular weight is 175 g/mol. The maximum atomic E-state index is 10.1. The maximum Gasteiger partial charge on any atom is 0.306 e. The molecule has 0 aliphatic rings. The van der Waals surface area contributed by atoms with Crippen molar-refractivity contribution in [2.75, 3.05) is 0 Å². The molecular formula is C11H13NO. The molecule has 0 amide bonds. The van der Waals surface area contributed by atoms with E-state index in [0.717, 1.165) is 18.4 Å². The largest absolute Gasteiger partial charge is 0.498 e. The first-order chi connectivity index (χ1) is 6.38. The zero-order valence-electron chi connectivity index (χ0n) is 7.73. The van der Waals surface area contributed by atoms with E-state index >= 15 is 0 Å². The molecule has 0 aromatic heterocycles. The van der Waals surface area contributed by atoms with E-state index in [0.29, 0.717) is 0 Å². The van der Waals surface area contributed by atoms with Gasteiger partial charge in [0, 0.05) is 5.01 Å². The Morgan fingerprint density at radius 1 is 1.38 bits per heavy atom. The molecule has 2 heteroatoms. The van der Waals surface area contributed by atoms with Gasteiger partial charge in [0.2, 0.25) is 0 Å². The van der Waals surface area contributed by atoms with Crippen LogP contribution in [0.15, 0.2) is 30.3 Å². The van der Waals surface area contributed by atoms with E-state index in [1.165, 1.54) is 0 Å². The molecule has 1 rings (SSSR count). The third-order valence-corrected chi connectivity index (χ3v) is 1.99. The van der Waals surface area contributed by atoms with Crippen LogP contribution >= 0.6 is 0 Å². The van der Waals surface area contributed by atoms with Gasteiger partial charge in [0.05, 0.1) is 0 Å². The summed E-state index contributed by atoms with van der Waals surface area (Å²) in [6.07, 6.45) is 1.96. The molecule has 0 aliphatic carbocycles. The first kappa shape index (κ1) is 9.60. The molecule has 68 valence electrons. The van der Waals surface area contributed by atoms with Gasteiger partial charge in [-0.25, -0.2) is 0 Å². The lowest BCUT2D eigenvalue weighted by Gasteiger charge is -2.03. The van der Waals surface area contributed by atoms with E-state index in [2.05, 4.69) is 18.0 Å². The first-order valence-corrected chi connectivity index (χ1v) is 4.51. The minimum atomic E-state index is 0.0590. The van der Waals surface area contributed by atoms with Crippen LogP contribution in [0.1, 0.15) is 31.2 Å². The highest BCUT2D eigenvalue weighted by molar-refractivity contribution is 5.26. The lowest BCUT2D eigenvalue weighted by molar-refractivity contribution is 0.733. The molecule has 0 saturated heterocycles. The highest BCUT2D eigenvalue weighted by Gasteiger charge is 2.12. The summed E-state index contributed by atoms with van der Waals surface area (Å²) in [4.78, 5) is 0. The van der Waals surface area contributed by atoms with Crippen LogP contribution < -0.4 is 0 Å². The van der Waals surface area contributed by atoms with E-state index in [1.807, 2.05) is 30.3 Å². The van der Waals surface area contributed by atoms with E-state index in [1.54, 1.807) is 0 Å². The molecule has 0 spiro atoms. The number of benzene rings is 1. The van der Waals surface area contributed by atoms with Crippen molar-refractivity contribution >= 4 is 0 Å². The van der Waals surface area contributed by atoms with Gasteiger partial charge in [-0.1, -0.05) is 43.7 Å². The molecule has 1 aromatic carbocycles. The summed E-state index contributed by atoms with van der Waals surface area (Å²) in [7, 11) is 0.